The predicted molar refractivity (Wildman–Crippen MR) is 126 cm³/mol. The van der Waals surface area contributed by atoms with Gasteiger partial charge in [0.1, 0.15) is 11.8 Å². The number of amides is 1. The molecule has 0 spiro atoms. The molecule has 1 saturated heterocycles. The highest BCUT2D eigenvalue weighted by Gasteiger charge is 2.28. The Hall–Kier alpha value is -3.79. The number of piperidine rings is 1. The van der Waals surface area contributed by atoms with Crippen molar-refractivity contribution in [3.63, 3.8) is 0 Å². The highest BCUT2D eigenvalue weighted by Crippen LogP contribution is 2.31. The van der Waals surface area contributed by atoms with Crippen LogP contribution in [0.1, 0.15) is 24.8 Å². The fraction of sp³-hybridized carbons (Fsp3) is 0.292. The number of halogens is 2. The number of benzene rings is 2. The number of primary amides is 1. The van der Waals surface area contributed by atoms with E-state index in [0.717, 1.165) is 53.9 Å². The summed E-state index contributed by atoms with van der Waals surface area (Å²) in [6, 6.07) is 11.6. The number of carbonyl (C=O) groups excluding carboxylic acids is 1. The van der Waals surface area contributed by atoms with E-state index in [1.54, 1.807) is 24.5 Å². The van der Waals surface area contributed by atoms with E-state index in [1.165, 1.54) is 12.1 Å². The van der Waals surface area contributed by atoms with E-state index in [4.69, 9.17) is 11.5 Å². The van der Waals surface area contributed by atoms with Gasteiger partial charge in [0.15, 0.2) is 0 Å². The molecule has 178 valence electrons. The molecule has 1 fully saturated rings. The van der Waals surface area contributed by atoms with Crippen molar-refractivity contribution >= 4 is 23.2 Å². The van der Waals surface area contributed by atoms with Crippen LogP contribution in [0.15, 0.2) is 54.9 Å². The van der Waals surface area contributed by atoms with Crippen molar-refractivity contribution in [1.82, 2.24) is 9.97 Å². The fourth-order valence-corrected chi connectivity index (χ4v) is 4.10. The van der Waals surface area contributed by atoms with Crippen LogP contribution in [0.5, 0.6) is 5.75 Å². The van der Waals surface area contributed by atoms with Gasteiger partial charge in [-0.3, -0.25) is 4.79 Å². The summed E-state index contributed by atoms with van der Waals surface area (Å²) in [5, 5.41) is 3.18. The molecule has 1 unspecified atom stereocenters. The number of nitrogens with one attached hydrogen (secondary N) is 1. The summed E-state index contributed by atoms with van der Waals surface area (Å²) < 4.78 is 29.0. The van der Waals surface area contributed by atoms with Gasteiger partial charge in [0.2, 0.25) is 11.9 Å². The van der Waals surface area contributed by atoms with Gasteiger partial charge >= 0.3 is 6.61 Å². The molecule has 34 heavy (non-hydrogen) atoms. The molecular formula is C24H26F2N6O2. The molecule has 0 radical (unpaired) electrons. The Balaban J connectivity index is 1.51. The summed E-state index contributed by atoms with van der Waals surface area (Å²) in [5.41, 5.74) is 15.7. The normalized spacial score (nSPS) is 15.9. The monoisotopic (exact) mass is 468 g/mol. The first kappa shape index (κ1) is 23.4. The number of hydrogen-bond acceptors (Lipinski definition) is 7. The summed E-state index contributed by atoms with van der Waals surface area (Å²) in [6.07, 6.45) is 5.94. The van der Waals surface area contributed by atoms with Crippen LogP contribution in [0.3, 0.4) is 0 Å². The standard InChI is InChI=1S/C24H26F2N6O2/c25-23(26)34-19-8-5-15(6-9-19)17-13-29-24(30-14-17)31-18-7-4-16(12-27)21(11-18)32-10-2-1-3-20(32)22(28)33/h4-9,11,13-14,20,23H,1-3,10,12,27H2,(H2,28,33)(H,29,30,31). The van der Waals surface area contributed by atoms with Crippen LogP contribution in [-0.4, -0.2) is 35.1 Å². The first-order valence-corrected chi connectivity index (χ1v) is 11.0. The minimum atomic E-state index is -2.87. The number of rotatable bonds is 8. The van der Waals surface area contributed by atoms with Gasteiger partial charge in [-0.2, -0.15) is 8.78 Å². The third kappa shape index (κ3) is 5.40. The van der Waals surface area contributed by atoms with Crippen molar-refractivity contribution in [3.05, 3.63) is 60.4 Å². The van der Waals surface area contributed by atoms with Gasteiger partial charge in [-0.15, -0.1) is 0 Å². The topological polar surface area (TPSA) is 119 Å². The van der Waals surface area contributed by atoms with E-state index in [2.05, 4.69) is 20.0 Å². The van der Waals surface area contributed by atoms with Crippen molar-refractivity contribution in [2.24, 2.45) is 11.5 Å². The molecule has 1 aliphatic heterocycles. The molecule has 0 aliphatic carbocycles. The van der Waals surface area contributed by atoms with E-state index < -0.39 is 6.61 Å². The van der Waals surface area contributed by atoms with Crippen molar-refractivity contribution in [2.75, 3.05) is 16.8 Å². The second-order valence-corrected chi connectivity index (χ2v) is 7.98. The first-order valence-electron chi connectivity index (χ1n) is 11.0. The molecule has 4 rings (SSSR count). The lowest BCUT2D eigenvalue weighted by Gasteiger charge is -2.37. The Bertz CT molecular complexity index is 1130. The van der Waals surface area contributed by atoms with Gasteiger partial charge in [-0.25, -0.2) is 9.97 Å². The number of nitrogens with zero attached hydrogens (tertiary/aromatic N) is 3. The Kier molecular flexibility index (Phi) is 7.17. The van der Waals surface area contributed by atoms with Crippen molar-refractivity contribution in [1.29, 1.82) is 0 Å². The molecule has 5 N–H and O–H groups in total. The smallest absolute Gasteiger partial charge is 0.387 e. The van der Waals surface area contributed by atoms with E-state index in [0.29, 0.717) is 12.5 Å². The number of ether oxygens (including phenoxy) is 1. The van der Waals surface area contributed by atoms with E-state index in [1.807, 2.05) is 23.1 Å². The maximum atomic E-state index is 12.3. The predicted octanol–water partition coefficient (Wildman–Crippen LogP) is 3.79. The fourth-order valence-electron chi connectivity index (χ4n) is 4.10. The lowest BCUT2D eigenvalue weighted by atomic mass is 9.99. The number of aromatic nitrogens is 2. The Labute approximate surface area is 195 Å². The van der Waals surface area contributed by atoms with Crippen LogP contribution < -0.4 is 26.4 Å². The number of hydrogen-bond donors (Lipinski definition) is 3. The van der Waals surface area contributed by atoms with Gasteiger partial charge in [0.05, 0.1) is 0 Å². The van der Waals surface area contributed by atoms with Crippen LogP contribution in [0, 0.1) is 0 Å². The molecule has 1 aromatic heterocycles. The molecule has 2 aromatic carbocycles. The quantitative estimate of drug-likeness (QED) is 0.460. The molecule has 2 heterocycles. The Morgan fingerprint density at radius 2 is 1.85 bits per heavy atom. The largest absolute Gasteiger partial charge is 0.435 e. The third-order valence-electron chi connectivity index (χ3n) is 5.77. The van der Waals surface area contributed by atoms with Gasteiger partial charge in [0.25, 0.3) is 0 Å². The molecule has 10 heteroatoms. The lowest BCUT2D eigenvalue weighted by Crippen LogP contribution is -2.48. The zero-order valence-electron chi connectivity index (χ0n) is 18.5. The third-order valence-corrected chi connectivity index (χ3v) is 5.77. The Morgan fingerprint density at radius 1 is 1.12 bits per heavy atom. The van der Waals surface area contributed by atoms with Crippen LogP contribution in [0.4, 0.5) is 26.1 Å². The second-order valence-electron chi connectivity index (χ2n) is 7.98. The Morgan fingerprint density at radius 3 is 2.50 bits per heavy atom. The summed E-state index contributed by atoms with van der Waals surface area (Å²) in [4.78, 5) is 22.8. The molecule has 0 saturated carbocycles. The summed E-state index contributed by atoms with van der Waals surface area (Å²) in [7, 11) is 0. The lowest BCUT2D eigenvalue weighted by molar-refractivity contribution is -0.119. The van der Waals surface area contributed by atoms with E-state index >= 15 is 0 Å². The minimum absolute atomic E-state index is 0.0852. The van der Waals surface area contributed by atoms with E-state index in [9.17, 15) is 13.6 Å². The van der Waals surface area contributed by atoms with E-state index in [-0.39, 0.29) is 17.7 Å². The number of anilines is 3. The molecule has 0 bridgehead atoms. The maximum absolute atomic E-state index is 12.3. The maximum Gasteiger partial charge on any atom is 0.387 e. The van der Waals surface area contributed by atoms with Crippen LogP contribution in [0.25, 0.3) is 11.1 Å². The number of nitrogens with two attached hydrogens (primary N) is 2. The highest BCUT2D eigenvalue weighted by molar-refractivity contribution is 5.84. The average molecular weight is 469 g/mol. The van der Waals surface area contributed by atoms with Crippen LogP contribution >= 0.6 is 0 Å². The molecule has 1 amide bonds. The number of alkyl halides is 2. The van der Waals surface area contributed by atoms with Crippen molar-refractivity contribution < 1.29 is 18.3 Å². The van der Waals surface area contributed by atoms with Crippen LogP contribution in [0.2, 0.25) is 0 Å². The van der Waals surface area contributed by atoms with Gasteiger partial charge in [-0.1, -0.05) is 18.2 Å². The highest BCUT2D eigenvalue weighted by atomic mass is 19.3. The van der Waals surface area contributed by atoms with Crippen molar-refractivity contribution in [2.45, 2.75) is 38.5 Å². The molecule has 3 aromatic rings. The zero-order chi connectivity index (χ0) is 24.1. The van der Waals surface area contributed by atoms with Gasteiger partial charge in [0, 0.05) is 42.4 Å². The summed E-state index contributed by atoms with van der Waals surface area (Å²) in [6.45, 7) is -1.80. The minimum Gasteiger partial charge on any atom is -0.435 e. The second kappa shape index (κ2) is 10.4. The summed E-state index contributed by atoms with van der Waals surface area (Å²) in [5.74, 6) is 0.133. The molecule has 8 nitrogen and oxygen atoms in total. The number of carbonyl (C=O) groups is 1. The SMILES string of the molecule is NCc1ccc(Nc2ncc(-c3ccc(OC(F)F)cc3)cn2)cc1N1CCCCC1C(N)=O. The van der Waals surface area contributed by atoms with Gasteiger partial charge < -0.3 is 26.4 Å². The van der Waals surface area contributed by atoms with Crippen molar-refractivity contribution in [3.8, 4) is 16.9 Å². The van der Waals surface area contributed by atoms with Gasteiger partial charge in [-0.05, 0) is 54.7 Å². The first-order chi connectivity index (χ1) is 16.4. The van der Waals surface area contributed by atoms with Crippen LogP contribution in [-0.2, 0) is 11.3 Å². The summed E-state index contributed by atoms with van der Waals surface area (Å²) >= 11 is 0. The molecule has 1 aliphatic rings. The average Bonchev–Trinajstić information content (AvgIpc) is 2.84. The molecule has 1 atom stereocenters. The zero-order valence-corrected chi connectivity index (χ0v) is 18.5. The molecular weight excluding hydrogens is 442 g/mol.